The molecular formula is C17H26N2NiO. The molecule has 1 rings (SSSR count). The smallest absolute Gasteiger partial charge is 0.643 e. The summed E-state index contributed by atoms with van der Waals surface area (Å²) in [5.74, 6) is -0.244. The predicted octanol–water partition coefficient (Wildman–Crippen LogP) is 4.85. The normalized spacial score (nSPS) is 11.3. The third-order valence-electron chi connectivity index (χ3n) is 2.66. The zero-order valence-electron chi connectivity index (χ0n) is 14.3. The average Bonchev–Trinajstić information content (AvgIpc) is 2.20. The second-order valence-corrected chi connectivity index (χ2v) is 6.03. The van der Waals surface area contributed by atoms with Gasteiger partial charge in [0.1, 0.15) is 0 Å². The van der Waals surface area contributed by atoms with Crippen molar-refractivity contribution < 1.29 is 21.3 Å². The van der Waals surface area contributed by atoms with Crippen LogP contribution in [0.4, 0.5) is 5.69 Å². The number of benzene rings is 1. The molecule has 0 spiro atoms. The van der Waals surface area contributed by atoms with Crippen LogP contribution >= 0.6 is 0 Å². The van der Waals surface area contributed by atoms with Crippen molar-refractivity contribution >= 4 is 17.3 Å². The van der Waals surface area contributed by atoms with E-state index in [2.05, 4.69) is 29.4 Å². The van der Waals surface area contributed by atoms with Gasteiger partial charge in [-0.25, -0.2) is 0 Å². The van der Waals surface area contributed by atoms with Crippen LogP contribution in [0.1, 0.15) is 44.4 Å². The molecule has 3 nitrogen and oxygen atoms in total. The van der Waals surface area contributed by atoms with Gasteiger partial charge in [0.2, 0.25) is 0 Å². The van der Waals surface area contributed by atoms with Crippen LogP contribution in [0.3, 0.4) is 0 Å². The summed E-state index contributed by atoms with van der Waals surface area (Å²) < 4.78 is 0. The Morgan fingerprint density at radius 1 is 1.10 bits per heavy atom. The van der Waals surface area contributed by atoms with E-state index in [-0.39, 0.29) is 35.4 Å². The van der Waals surface area contributed by atoms with Gasteiger partial charge in [0, 0.05) is 0 Å². The van der Waals surface area contributed by atoms with Crippen LogP contribution in [-0.2, 0) is 21.3 Å². The average molecular weight is 333 g/mol. The topological polar surface area (TPSA) is 43.5 Å². The molecule has 0 saturated carbocycles. The summed E-state index contributed by atoms with van der Waals surface area (Å²) in [5, 5.41) is 4.11. The van der Waals surface area contributed by atoms with Gasteiger partial charge in [-0.05, 0) is 38.8 Å². The molecule has 1 aromatic rings. The zero-order valence-corrected chi connectivity index (χ0v) is 15.3. The third kappa shape index (κ3) is 6.90. The number of aryl methyl sites for hydroxylation is 3. The Hall–Kier alpha value is -1.15. The van der Waals surface area contributed by atoms with E-state index in [1.54, 1.807) is 6.92 Å². The monoisotopic (exact) mass is 332 g/mol. The Labute approximate surface area is 139 Å². The molecule has 0 aromatic heterocycles. The number of carbonyl (C=O) groups is 1. The number of aliphatic imine (C=N–C) groups is 1. The Morgan fingerprint density at radius 2 is 1.52 bits per heavy atom. The van der Waals surface area contributed by atoms with Gasteiger partial charge in [-0.15, -0.1) is 5.54 Å². The number of hydrogen-bond acceptors (Lipinski definition) is 2. The number of carbonyl (C=O) groups excluding carboxylic acids is 1. The minimum absolute atomic E-state index is 0. The first-order chi connectivity index (χ1) is 8.60. The Bertz CT molecular complexity index is 505. The van der Waals surface area contributed by atoms with Crippen molar-refractivity contribution in [1.82, 2.24) is 0 Å². The Kier molecular flexibility index (Phi) is 8.79. The van der Waals surface area contributed by atoms with E-state index in [0.29, 0.717) is 5.71 Å². The van der Waals surface area contributed by atoms with E-state index >= 15 is 0 Å². The molecule has 0 bridgehead atoms. The maximum Gasteiger partial charge on any atom is 2.00 e. The number of nitrogens with zero attached hydrogens (tertiary/aromatic N) is 2. The first-order valence-electron chi connectivity index (χ1n) is 6.50. The second-order valence-electron chi connectivity index (χ2n) is 6.03. The molecule has 4 heteroatoms. The molecule has 0 heterocycles. The minimum Gasteiger partial charge on any atom is -0.643 e. The van der Waals surface area contributed by atoms with Crippen molar-refractivity contribution in [1.29, 1.82) is 0 Å². The van der Waals surface area contributed by atoms with E-state index in [9.17, 15) is 4.79 Å². The summed E-state index contributed by atoms with van der Waals surface area (Å²) in [7, 11) is 0. The summed E-state index contributed by atoms with van der Waals surface area (Å²) >= 11 is 0. The molecule has 0 fully saturated rings. The van der Waals surface area contributed by atoms with Crippen molar-refractivity contribution in [2.75, 3.05) is 0 Å². The Morgan fingerprint density at radius 3 is 1.90 bits per heavy atom. The molecule has 0 radical (unpaired) electrons. The SMILES string of the molecule is CC(=Nc1c(C)cc(C)cc1C)C(=O)[N-]C(C)(C)C.[CH3-].[Ni+2]. The summed E-state index contributed by atoms with van der Waals surface area (Å²) in [6.45, 7) is 13.5. The van der Waals surface area contributed by atoms with Crippen LogP contribution in [0.15, 0.2) is 17.1 Å². The first-order valence-corrected chi connectivity index (χ1v) is 6.50. The maximum atomic E-state index is 12.0. The fourth-order valence-electron chi connectivity index (χ4n) is 1.95. The van der Waals surface area contributed by atoms with Gasteiger partial charge in [-0.1, -0.05) is 38.5 Å². The molecule has 0 aliphatic carbocycles. The fourth-order valence-corrected chi connectivity index (χ4v) is 1.95. The van der Waals surface area contributed by atoms with E-state index in [1.807, 2.05) is 34.6 Å². The van der Waals surface area contributed by atoms with Crippen molar-refractivity contribution in [3.8, 4) is 0 Å². The Balaban J connectivity index is 0. The largest absolute Gasteiger partial charge is 2.00 e. The van der Waals surface area contributed by atoms with Crippen LogP contribution in [0.25, 0.3) is 5.32 Å². The van der Waals surface area contributed by atoms with Gasteiger partial charge in [0.05, 0.1) is 17.3 Å². The van der Waals surface area contributed by atoms with Crippen LogP contribution in [0.5, 0.6) is 0 Å². The zero-order chi connectivity index (χ0) is 14.8. The maximum absolute atomic E-state index is 12.0. The standard InChI is InChI=1S/C16H24N2O.CH3.Ni/c1-10-8-11(2)14(12(3)9-10)17-13(4)15(19)18-16(5,6)7;;/h8-9H,1-7H3,(H,18,19);1H3;/q;-1;+2/p-1. The van der Waals surface area contributed by atoms with Crippen molar-refractivity contribution in [2.24, 2.45) is 4.99 Å². The molecule has 1 amide bonds. The molecule has 1 aromatic carbocycles. The predicted molar refractivity (Wildman–Crippen MR) is 88.0 cm³/mol. The van der Waals surface area contributed by atoms with Gasteiger partial charge in [0.25, 0.3) is 0 Å². The molecule has 21 heavy (non-hydrogen) atoms. The molecule has 0 unspecified atom stereocenters. The van der Waals surface area contributed by atoms with Crippen LogP contribution < -0.4 is 0 Å². The van der Waals surface area contributed by atoms with Crippen LogP contribution in [0, 0.1) is 28.2 Å². The third-order valence-corrected chi connectivity index (χ3v) is 2.66. The summed E-state index contributed by atoms with van der Waals surface area (Å²) in [4.78, 5) is 16.4. The van der Waals surface area contributed by atoms with E-state index in [1.165, 1.54) is 5.56 Å². The molecule has 0 N–H and O–H groups in total. The van der Waals surface area contributed by atoms with Gasteiger partial charge < -0.3 is 17.5 Å². The molecular weight excluding hydrogens is 307 g/mol. The molecule has 0 aliphatic rings. The van der Waals surface area contributed by atoms with Gasteiger partial charge in [-0.3, -0.25) is 4.99 Å². The summed E-state index contributed by atoms with van der Waals surface area (Å²) in [5.41, 5.74) is 4.31. The van der Waals surface area contributed by atoms with Crippen molar-refractivity contribution in [2.45, 2.75) is 54.0 Å². The van der Waals surface area contributed by atoms with E-state index in [4.69, 9.17) is 0 Å². The molecule has 0 atom stereocenters. The van der Waals surface area contributed by atoms with Gasteiger partial charge in [-0.2, -0.15) is 0 Å². The summed E-state index contributed by atoms with van der Waals surface area (Å²) in [6.07, 6.45) is 0. The molecule has 0 saturated heterocycles. The van der Waals surface area contributed by atoms with Crippen molar-refractivity contribution in [3.63, 3.8) is 0 Å². The number of rotatable bonds is 2. The fraction of sp³-hybridized carbons (Fsp3) is 0.471. The van der Waals surface area contributed by atoms with Gasteiger partial charge >= 0.3 is 16.5 Å². The number of amides is 1. The quantitative estimate of drug-likeness (QED) is 0.433. The molecule has 120 valence electrons. The first kappa shape index (κ1) is 22.1. The molecule has 0 aliphatic heterocycles. The van der Waals surface area contributed by atoms with Crippen LogP contribution in [0.2, 0.25) is 0 Å². The van der Waals surface area contributed by atoms with Crippen molar-refractivity contribution in [3.05, 3.63) is 41.6 Å². The van der Waals surface area contributed by atoms with E-state index in [0.717, 1.165) is 16.8 Å². The number of hydrogen-bond donors (Lipinski definition) is 0. The summed E-state index contributed by atoms with van der Waals surface area (Å²) in [6, 6.07) is 4.15. The van der Waals surface area contributed by atoms with E-state index < -0.39 is 0 Å². The van der Waals surface area contributed by atoms with Gasteiger partial charge in [0.15, 0.2) is 0 Å². The second kappa shape index (κ2) is 8.33. The minimum atomic E-state index is -0.370. The van der Waals surface area contributed by atoms with Crippen LogP contribution in [-0.4, -0.2) is 17.2 Å².